The van der Waals surface area contributed by atoms with E-state index in [0.717, 1.165) is 12.1 Å². The van der Waals surface area contributed by atoms with Gasteiger partial charge in [-0.3, -0.25) is 4.79 Å². The summed E-state index contributed by atoms with van der Waals surface area (Å²) in [5, 5.41) is 6.01. The number of ether oxygens (including phenoxy) is 2. The molecule has 26 heavy (non-hydrogen) atoms. The second-order valence-corrected chi connectivity index (χ2v) is 5.45. The van der Waals surface area contributed by atoms with Crippen LogP contribution in [0.15, 0.2) is 48.5 Å². The summed E-state index contributed by atoms with van der Waals surface area (Å²) < 4.78 is 23.6. The average Bonchev–Trinajstić information content (AvgIpc) is 2.63. The normalized spacial score (nSPS) is 10.1. The van der Waals surface area contributed by atoms with Crippen LogP contribution in [0.5, 0.6) is 5.75 Å². The van der Waals surface area contributed by atoms with Gasteiger partial charge in [0.2, 0.25) is 0 Å². The SMILES string of the molecule is COCCNCCNC(=O)c1cccc(COc2cccc(F)c2)c1.Cl. The van der Waals surface area contributed by atoms with E-state index in [1.54, 1.807) is 37.4 Å². The number of carbonyl (C=O) groups is 1. The van der Waals surface area contributed by atoms with E-state index in [0.29, 0.717) is 31.0 Å². The lowest BCUT2D eigenvalue weighted by atomic mass is 10.1. The van der Waals surface area contributed by atoms with E-state index in [1.165, 1.54) is 12.1 Å². The van der Waals surface area contributed by atoms with Gasteiger partial charge in [-0.2, -0.15) is 0 Å². The van der Waals surface area contributed by atoms with Crippen LogP contribution in [-0.4, -0.2) is 39.3 Å². The second kappa shape index (κ2) is 12.2. The lowest BCUT2D eigenvalue weighted by Gasteiger charge is -2.09. The molecule has 0 aliphatic rings. The summed E-state index contributed by atoms with van der Waals surface area (Å²) >= 11 is 0. The topological polar surface area (TPSA) is 59.6 Å². The maximum absolute atomic E-state index is 13.1. The summed E-state index contributed by atoms with van der Waals surface area (Å²) in [5.74, 6) is -0.0251. The number of carbonyl (C=O) groups excluding carboxylic acids is 1. The molecule has 0 heterocycles. The molecular weight excluding hydrogens is 359 g/mol. The first kappa shape index (κ1) is 21.9. The molecule has 0 aliphatic carbocycles. The summed E-state index contributed by atoms with van der Waals surface area (Å²) in [6.07, 6.45) is 0. The van der Waals surface area contributed by atoms with Gasteiger partial charge < -0.3 is 20.1 Å². The Morgan fingerprint density at radius 3 is 2.65 bits per heavy atom. The van der Waals surface area contributed by atoms with Crippen molar-refractivity contribution in [2.45, 2.75) is 6.61 Å². The second-order valence-electron chi connectivity index (χ2n) is 5.45. The van der Waals surface area contributed by atoms with E-state index in [2.05, 4.69) is 10.6 Å². The molecule has 0 aromatic heterocycles. The Kier molecular flexibility index (Phi) is 10.3. The molecule has 2 N–H and O–H groups in total. The van der Waals surface area contributed by atoms with Gasteiger partial charge in [0.25, 0.3) is 5.91 Å². The summed E-state index contributed by atoms with van der Waals surface area (Å²) in [5.41, 5.74) is 1.41. The Labute approximate surface area is 159 Å². The Hall–Kier alpha value is -2.15. The monoisotopic (exact) mass is 382 g/mol. The van der Waals surface area contributed by atoms with Gasteiger partial charge in [0.05, 0.1) is 6.61 Å². The molecule has 0 aliphatic heterocycles. The number of benzene rings is 2. The molecule has 0 bridgehead atoms. The third-order valence-corrected chi connectivity index (χ3v) is 3.46. The van der Waals surface area contributed by atoms with Crippen molar-refractivity contribution in [3.05, 3.63) is 65.5 Å². The van der Waals surface area contributed by atoms with Crippen LogP contribution in [0.25, 0.3) is 0 Å². The van der Waals surface area contributed by atoms with Crippen LogP contribution in [0.1, 0.15) is 15.9 Å². The first-order valence-electron chi connectivity index (χ1n) is 8.14. The molecular formula is C19H24ClFN2O3. The van der Waals surface area contributed by atoms with Crippen LogP contribution in [0.2, 0.25) is 0 Å². The van der Waals surface area contributed by atoms with Crippen LogP contribution >= 0.6 is 12.4 Å². The van der Waals surface area contributed by atoms with Gasteiger partial charge in [0, 0.05) is 38.4 Å². The molecule has 0 atom stereocenters. The predicted octanol–water partition coefficient (Wildman–Crippen LogP) is 2.79. The number of rotatable bonds is 10. The molecule has 2 aromatic carbocycles. The molecule has 0 fully saturated rings. The Morgan fingerprint density at radius 1 is 1.08 bits per heavy atom. The van der Waals surface area contributed by atoms with Crippen LogP contribution in [0, 0.1) is 5.82 Å². The Balaban J connectivity index is 0.00000338. The maximum Gasteiger partial charge on any atom is 0.251 e. The molecule has 0 saturated carbocycles. The van der Waals surface area contributed by atoms with Crippen molar-refractivity contribution < 1.29 is 18.7 Å². The van der Waals surface area contributed by atoms with Gasteiger partial charge in [0.1, 0.15) is 18.2 Å². The zero-order valence-electron chi connectivity index (χ0n) is 14.7. The van der Waals surface area contributed by atoms with Crippen molar-refractivity contribution in [3.63, 3.8) is 0 Å². The number of hydrogen-bond acceptors (Lipinski definition) is 4. The van der Waals surface area contributed by atoms with Crippen LogP contribution in [-0.2, 0) is 11.3 Å². The molecule has 0 unspecified atom stereocenters. The van der Waals surface area contributed by atoms with E-state index in [9.17, 15) is 9.18 Å². The highest BCUT2D eigenvalue weighted by molar-refractivity contribution is 5.94. The van der Waals surface area contributed by atoms with Crippen LogP contribution in [0.4, 0.5) is 4.39 Å². The van der Waals surface area contributed by atoms with Crippen molar-refractivity contribution in [1.29, 1.82) is 0 Å². The fraction of sp³-hybridized carbons (Fsp3) is 0.316. The highest BCUT2D eigenvalue weighted by atomic mass is 35.5. The van der Waals surface area contributed by atoms with Crippen molar-refractivity contribution in [3.8, 4) is 5.75 Å². The molecule has 5 nitrogen and oxygen atoms in total. The lowest BCUT2D eigenvalue weighted by Crippen LogP contribution is -2.33. The molecule has 142 valence electrons. The van der Waals surface area contributed by atoms with Gasteiger partial charge in [-0.05, 0) is 29.8 Å². The number of halogens is 2. The Bertz CT molecular complexity index is 685. The summed E-state index contributed by atoms with van der Waals surface area (Å²) in [4.78, 5) is 12.2. The van der Waals surface area contributed by atoms with Crippen molar-refractivity contribution in [2.24, 2.45) is 0 Å². The van der Waals surface area contributed by atoms with Gasteiger partial charge in [0.15, 0.2) is 0 Å². The zero-order valence-corrected chi connectivity index (χ0v) is 15.5. The quantitative estimate of drug-likeness (QED) is 0.620. The first-order valence-corrected chi connectivity index (χ1v) is 8.14. The fourth-order valence-corrected chi connectivity index (χ4v) is 2.19. The van der Waals surface area contributed by atoms with Gasteiger partial charge >= 0.3 is 0 Å². The van der Waals surface area contributed by atoms with Gasteiger partial charge in [-0.15, -0.1) is 12.4 Å². The standard InChI is InChI=1S/C19H23FN2O3.ClH/c1-24-11-10-21-8-9-22-19(23)16-5-2-4-15(12-16)14-25-18-7-3-6-17(20)13-18;/h2-7,12-13,21H,8-11,14H2,1H3,(H,22,23);1H. The van der Waals surface area contributed by atoms with Crippen molar-refractivity contribution in [2.75, 3.05) is 33.4 Å². The van der Waals surface area contributed by atoms with Gasteiger partial charge in [-0.25, -0.2) is 4.39 Å². The number of amides is 1. The zero-order chi connectivity index (χ0) is 17.9. The number of hydrogen-bond donors (Lipinski definition) is 2. The largest absolute Gasteiger partial charge is 0.489 e. The predicted molar refractivity (Wildman–Crippen MR) is 102 cm³/mol. The highest BCUT2D eigenvalue weighted by Gasteiger charge is 2.06. The van der Waals surface area contributed by atoms with E-state index in [4.69, 9.17) is 9.47 Å². The number of nitrogens with one attached hydrogen (secondary N) is 2. The summed E-state index contributed by atoms with van der Waals surface area (Å²) in [6, 6.07) is 13.2. The van der Waals surface area contributed by atoms with Crippen molar-refractivity contribution in [1.82, 2.24) is 10.6 Å². The van der Waals surface area contributed by atoms with Gasteiger partial charge in [-0.1, -0.05) is 18.2 Å². The molecule has 0 saturated heterocycles. The third kappa shape index (κ3) is 7.82. The molecule has 0 radical (unpaired) electrons. The minimum atomic E-state index is -0.343. The fourth-order valence-electron chi connectivity index (χ4n) is 2.19. The molecule has 7 heteroatoms. The first-order chi connectivity index (χ1) is 12.2. The third-order valence-electron chi connectivity index (χ3n) is 3.46. The van der Waals surface area contributed by atoms with E-state index < -0.39 is 0 Å². The van der Waals surface area contributed by atoms with E-state index >= 15 is 0 Å². The molecule has 0 spiro atoms. The minimum Gasteiger partial charge on any atom is -0.489 e. The Morgan fingerprint density at radius 2 is 1.88 bits per heavy atom. The van der Waals surface area contributed by atoms with E-state index in [1.807, 2.05) is 6.07 Å². The van der Waals surface area contributed by atoms with Crippen molar-refractivity contribution >= 4 is 18.3 Å². The number of methoxy groups -OCH3 is 1. The van der Waals surface area contributed by atoms with Crippen LogP contribution in [0.3, 0.4) is 0 Å². The smallest absolute Gasteiger partial charge is 0.251 e. The average molecular weight is 383 g/mol. The summed E-state index contributed by atoms with van der Waals surface area (Å²) in [6.45, 7) is 2.87. The van der Waals surface area contributed by atoms with Crippen LogP contribution < -0.4 is 15.4 Å². The molecule has 1 amide bonds. The molecule has 2 rings (SSSR count). The molecule has 2 aromatic rings. The maximum atomic E-state index is 13.1. The lowest BCUT2D eigenvalue weighted by molar-refractivity contribution is 0.0953. The highest BCUT2D eigenvalue weighted by Crippen LogP contribution is 2.14. The summed E-state index contributed by atoms with van der Waals surface area (Å²) in [7, 11) is 1.65. The van der Waals surface area contributed by atoms with E-state index in [-0.39, 0.29) is 30.7 Å². The minimum absolute atomic E-state index is 0.